The first-order valence-corrected chi connectivity index (χ1v) is 25.6. The van der Waals surface area contributed by atoms with Gasteiger partial charge >= 0.3 is 0 Å². The maximum absolute atomic E-state index is 15.1. The highest BCUT2D eigenvalue weighted by Gasteiger charge is 2.24. The van der Waals surface area contributed by atoms with Gasteiger partial charge in [0.25, 0.3) is 0 Å². The van der Waals surface area contributed by atoms with Gasteiger partial charge in [0.05, 0.1) is 44.1 Å². The van der Waals surface area contributed by atoms with Gasteiger partial charge in [-0.2, -0.15) is 11.8 Å². The monoisotopic (exact) mass is 954 g/mol. The minimum Gasteiger partial charge on any atom is -0.307 e. The molecule has 4 nitrogen and oxygen atoms in total. The van der Waals surface area contributed by atoms with Gasteiger partial charge in [-0.05, 0) is 127 Å². The molecular weight excluding hydrogens is 907 g/mol. The third-order valence-electron chi connectivity index (χ3n) is 14.2. The molecule has 0 bridgehead atoms. The zero-order valence-corrected chi connectivity index (χ0v) is 41.1. The minimum absolute atomic E-state index is 0.269. The summed E-state index contributed by atoms with van der Waals surface area (Å²) in [4.78, 5) is 0. The Labute approximate surface area is 419 Å². The highest BCUT2D eigenvalue weighted by Crippen LogP contribution is 2.45. The van der Waals surface area contributed by atoms with Crippen molar-refractivity contribution in [3.05, 3.63) is 230 Å². The average molecular weight is 955 g/mol. The van der Waals surface area contributed by atoms with Gasteiger partial charge in [-0.25, -0.2) is 8.78 Å². The molecule has 4 aromatic heterocycles. The normalized spacial score (nSPS) is 12.1. The van der Waals surface area contributed by atoms with E-state index < -0.39 is 0 Å². The molecule has 0 spiro atoms. The fourth-order valence-electron chi connectivity index (χ4n) is 10.9. The van der Waals surface area contributed by atoms with Gasteiger partial charge in [0, 0.05) is 70.6 Å². The molecular formula is C65H48F2N4S. The fraction of sp³-hybridized carbons (Fsp3) is 0.0769. The number of benzene rings is 10. The van der Waals surface area contributed by atoms with E-state index in [1.54, 1.807) is 24.3 Å². The van der Waals surface area contributed by atoms with E-state index in [0.29, 0.717) is 4.75 Å². The molecule has 0 fully saturated rings. The Kier molecular flexibility index (Phi) is 10.2. The predicted molar refractivity (Wildman–Crippen MR) is 302 cm³/mol. The lowest BCUT2D eigenvalue weighted by atomic mass is 10.00. The van der Waals surface area contributed by atoms with Crippen LogP contribution in [-0.4, -0.2) is 29.3 Å². The highest BCUT2D eigenvalue weighted by molar-refractivity contribution is 7.99. The molecule has 7 heteroatoms. The number of nitrogens with zero attached hydrogens (tertiary/aromatic N) is 4. The van der Waals surface area contributed by atoms with Gasteiger partial charge in [0.1, 0.15) is 11.6 Å². The number of fused-ring (bicyclic) bond motifs is 14. The number of thioether (sulfide) groups is 1. The Bertz CT molecular complexity index is 4130. The second kappa shape index (κ2) is 16.9. The van der Waals surface area contributed by atoms with Crippen molar-refractivity contribution in [2.75, 3.05) is 6.26 Å². The maximum atomic E-state index is 15.1. The smallest absolute Gasteiger partial charge is 0.125 e. The molecule has 14 rings (SSSR count). The Morgan fingerprint density at radius 2 is 0.583 bits per heavy atom. The van der Waals surface area contributed by atoms with E-state index in [1.807, 2.05) is 72.4 Å². The van der Waals surface area contributed by atoms with Gasteiger partial charge in [0.2, 0.25) is 0 Å². The van der Waals surface area contributed by atoms with Crippen molar-refractivity contribution in [1.29, 1.82) is 0 Å². The molecule has 4 heterocycles. The summed E-state index contributed by atoms with van der Waals surface area (Å²) >= 11 is 1.88. The number of aromatic nitrogens is 4. The van der Waals surface area contributed by atoms with Crippen molar-refractivity contribution >= 4 is 99.0 Å². The Morgan fingerprint density at radius 1 is 0.306 bits per heavy atom. The van der Waals surface area contributed by atoms with Crippen LogP contribution in [0.25, 0.3) is 121 Å². The van der Waals surface area contributed by atoms with Gasteiger partial charge in [-0.15, -0.1) is 0 Å². The maximum Gasteiger partial charge on any atom is 0.125 e. The fourth-order valence-corrected chi connectivity index (χ4v) is 10.9. The zero-order valence-electron chi connectivity index (χ0n) is 40.2. The lowest BCUT2D eigenvalue weighted by molar-refractivity contribution is 0.629. The van der Waals surface area contributed by atoms with Crippen LogP contribution < -0.4 is 0 Å². The second-order valence-electron chi connectivity index (χ2n) is 19.5. The largest absolute Gasteiger partial charge is 0.307 e. The highest BCUT2D eigenvalue weighted by atomic mass is 32.2. The van der Waals surface area contributed by atoms with Crippen LogP contribution in [0.15, 0.2) is 218 Å². The first-order chi connectivity index (χ1) is 35.1. The molecule has 0 aliphatic carbocycles. The van der Waals surface area contributed by atoms with Crippen LogP contribution >= 0.6 is 11.8 Å². The van der Waals surface area contributed by atoms with E-state index in [0.717, 1.165) is 121 Å². The first kappa shape index (κ1) is 43.6. The molecule has 14 aromatic rings. The van der Waals surface area contributed by atoms with E-state index in [4.69, 9.17) is 0 Å². The summed E-state index contributed by atoms with van der Waals surface area (Å²) in [7, 11) is 0. The van der Waals surface area contributed by atoms with E-state index in [1.165, 1.54) is 0 Å². The third-order valence-corrected chi connectivity index (χ3v) is 15.5. The van der Waals surface area contributed by atoms with Gasteiger partial charge in [0.15, 0.2) is 0 Å². The molecule has 348 valence electrons. The van der Waals surface area contributed by atoms with Crippen LogP contribution in [0.2, 0.25) is 0 Å². The SMILES string of the molecule is CSC(C)(C)C.Fc1ccc2c3ccc4c5cc(-c6ccc7c(c6)c6ccc8c9ccc(F)cc9n(-c9ccccc9)c8c6n7-c6ccccc6)ccc5n(-c5ccccc5)c4c3n(-c3ccccc3)c2c1. The van der Waals surface area contributed by atoms with E-state index in [-0.39, 0.29) is 11.6 Å². The Hall–Kier alpha value is -8.39. The summed E-state index contributed by atoms with van der Waals surface area (Å²) < 4.78 is 39.9. The van der Waals surface area contributed by atoms with Crippen LogP contribution in [0.1, 0.15) is 20.8 Å². The topological polar surface area (TPSA) is 19.7 Å². The van der Waals surface area contributed by atoms with E-state index in [2.05, 4.69) is 179 Å². The third kappa shape index (κ3) is 6.94. The van der Waals surface area contributed by atoms with Crippen molar-refractivity contribution in [2.45, 2.75) is 25.5 Å². The van der Waals surface area contributed by atoms with Crippen molar-refractivity contribution in [3.8, 4) is 33.9 Å². The zero-order chi connectivity index (χ0) is 48.8. The van der Waals surface area contributed by atoms with Crippen LogP contribution in [0.4, 0.5) is 8.78 Å². The number of hydrogen-bond donors (Lipinski definition) is 0. The van der Waals surface area contributed by atoms with Gasteiger partial charge < -0.3 is 18.3 Å². The molecule has 10 aromatic carbocycles. The number of rotatable bonds is 5. The predicted octanol–water partition coefficient (Wildman–Crippen LogP) is 18.2. The Balaban J connectivity index is 0.000000795. The first-order valence-electron chi connectivity index (χ1n) is 24.3. The van der Waals surface area contributed by atoms with E-state index >= 15 is 8.78 Å². The van der Waals surface area contributed by atoms with Crippen molar-refractivity contribution < 1.29 is 8.78 Å². The van der Waals surface area contributed by atoms with Crippen LogP contribution in [-0.2, 0) is 0 Å². The molecule has 72 heavy (non-hydrogen) atoms. The minimum atomic E-state index is -0.269. The van der Waals surface area contributed by atoms with Crippen LogP contribution in [0.3, 0.4) is 0 Å². The van der Waals surface area contributed by atoms with Gasteiger partial charge in [-0.1, -0.05) is 130 Å². The Morgan fingerprint density at radius 3 is 0.889 bits per heavy atom. The van der Waals surface area contributed by atoms with Gasteiger partial charge in [-0.3, -0.25) is 0 Å². The van der Waals surface area contributed by atoms with Crippen LogP contribution in [0.5, 0.6) is 0 Å². The summed E-state index contributed by atoms with van der Waals surface area (Å²) in [6.07, 6.45) is 2.12. The number of para-hydroxylation sites is 4. The summed E-state index contributed by atoms with van der Waals surface area (Å²) in [5.74, 6) is -0.538. The lowest BCUT2D eigenvalue weighted by Gasteiger charge is -2.12. The van der Waals surface area contributed by atoms with Crippen molar-refractivity contribution in [2.24, 2.45) is 0 Å². The summed E-state index contributed by atoms with van der Waals surface area (Å²) in [6, 6.07) is 74.3. The quantitative estimate of drug-likeness (QED) is 0.168. The van der Waals surface area contributed by atoms with Crippen LogP contribution in [0, 0.1) is 11.6 Å². The molecule has 0 unspecified atom stereocenters. The summed E-state index contributed by atoms with van der Waals surface area (Å²) in [5, 5.41) is 8.59. The molecule has 0 aliphatic heterocycles. The molecule has 0 radical (unpaired) electrons. The standard InChI is InChI=1S/C60H36F2N4.C5H12S/c61-39-23-25-45-47-27-29-49-51-33-37(21-31-53(51)63(41-13-5-1-6-14-41)59(49)57(47)65(55(45)35-39)43-17-9-3-10-18-43)38-22-32-54-52(34-38)50-30-28-48-46-26-24-40(62)36-56(46)66(44-19-11-4-12-20-44)58(48)60(50)64(54)42-15-7-2-8-16-42;1-5(2,3)6-4/h1-36H;1-4H3. The molecule has 0 saturated heterocycles. The summed E-state index contributed by atoms with van der Waals surface area (Å²) in [5.41, 5.74) is 14.2. The molecule has 0 atom stereocenters. The number of halogens is 2. The molecule has 0 N–H and O–H groups in total. The van der Waals surface area contributed by atoms with Crippen molar-refractivity contribution in [1.82, 2.24) is 18.3 Å². The van der Waals surface area contributed by atoms with Crippen molar-refractivity contribution in [3.63, 3.8) is 0 Å². The molecule has 0 amide bonds. The average Bonchev–Trinajstić information content (AvgIpc) is 4.13. The van der Waals surface area contributed by atoms with E-state index in [9.17, 15) is 0 Å². The molecule has 0 aliphatic rings. The summed E-state index contributed by atoms with van der Waals surface area (Å²) in [6.45, 7) is 6.62. The second-order valence-corrected chi connectivity index (χ2v) is 21.1. The number of hydrogen-bond acceptors (Lipinski definition) is 1. The molecule has 0 saturated carbocycles. The lowest BCUT2D eigenvalue weighted by Crippen LogP contribution is -2.04.